The number of hydrogen-bond donors (Lipinski definition) is 4. The molecule has 10 rings (SSSR count). The topological polar surface area (TPSA) is 201 Å². The summed E-state index contributed by atoms with van der Waals surface area (Å²) in [5.41, 5.74) is 7.29. The van der Waals surface area contributed by atoms with Gasteiger partial charge in [-0.25, -0.2) is 14.8 Å². The Labute approximate surface area is 414 Å². The van der Waals surface area contributed by atoms with Crippen LogP contribution < -0.4 is 25.6 Å². The average Bonchev–Trinajstić information content (AvgIpc) is 3.94. The Morgan fingerprint density at radius 3 is 2.49 bits per heavy atom. The maximum Gasteiger partial charge on any atom is 0.355 e. The highest BCUT2D eigenvalue weighted by Crippen LogP contribution is 2.37. The number of aryl methyl sites for hydroxylation is 1. The number of benzene rings is 4. The van der Waals surface area contributed by atoms with Crippen molar-refractivity contribution >= 4 is 78.7 Å². The molecule has 7 aromatic rings. The zero-order valence-electron chi connectivity index (χ0n) is 39.9. The van der Waals surface area contributed by atoms with Crippen LogP contribution in [0.1, 0.15) is 94.6 Å². The fourth-order valence-electron chi connectivity index (χ4n) is 10.4. The Bertz CT molecular complexity index is 3200. The molecule has 6 heterocycles. The summed E-state index contributed by atoms with van der Waals surface area (Å²) in [7, 11) is 1.79. The Kier molecular flexibility index (Phi) is 13.3. The quantitative estimate of drug-likeness (QED) is 0.0759. The van der Waals surface area contributed by atoms with Crippen LogP contribution in [0.2, 0.25) is 0 Å². The molecule has 71 heavy (non-hydrogen) atoms. The van der Waals surface area contributed by atoms with Crippen molar-refractivity contribution in [3.8, 4) is 16.9 Å². The van der Waals surface area contributed by atoms with Crippen molar-refractivity contribution in [1.82, 2.24) is 30.0 Å². The van der Waals surface area contributed by atoms with Crippen LogP contribution in [0.15, 0.2) is 91.0 Å². The van der Waals surface area contributed by atoms with E-state index in [-0.39, 0.29) is 48.4 Å². The van der Waals surface area contributed by atoms with Crippen LogP contribution in [0.5, 0.6) is 5.75 Å². The van der Waals surface area contributed by atoms with Crippen LogP contribution >= 0.6 is 11.3 Å². The van der Waals surface area contributed by atoms with Crippen molar-refractivity contribution in [2.45, 2.75) is 77.4 Å². The number of likely N-dealkylation sites (tertiary alicyclic amines) is 1. The molecule has 4 amide bonds. The molecule has 0 spiro atoms. The van der Waals surface area contributed by atoms with Crippen LogP contribution in [0.3, 0.4) is 0 Å². The molecule has 3 aromatic heterocycles. The second-order valence-electron chi connectivity index (χ2n) is 18.8. The van der Waals surface area contributed by atoms with Gasteiger partial charge >= 0.3 is 5.97 Å². The number of para-hydroxylation sites is 2. The van der Waals surface area contributed by atoms with Crippen molar-refractivity contribution in [3.05, 3.63) is 125 Å². The Morgan fingerprint density at radius 1 is 0.887 bits per heavy atom. The van der Waals surface area contributed by atoms with Gasteiger partial charge in [-0.15, -0.1) is 0 Å². The van der Waals surface area contributed by atoms with E-state index in [1.807, 2.05) is 103 Å². The molecule has 4 N–H and O–H groups in total. The van der Waals surface area contributed by atoms with Gasteiger partial charge in [0.05, 0.1) is 45.7 Å². The van der Waals surface area contributed by atoms with Crippen molar-refractivity contribution in [2.75, 3.05) is 41.7 Å². The predicted molar refractivity (Wildman–Crippen MR) is 273 cm³/mol. The summed E-state index contributed by atoms with van der Waals surface area (Å²) in [6.45, 7) is 6.88. The Balaban J connectivity index is 0.731. The van der Waals surface area contributed by atoms with Crippen molar-refractivity contribution in [3.63, 3.8) is 0 Å². The first-order valence-corrected chi connectivity index (χ1v) is 25.0. The van der Waals surface area contributed by atoms with E-state index in [1.165, 1.54) is 11.3 Å². The molecule has 0 saturated carbocycles. The lowest BCUT2D eigenvalue weighted by atomic mass is 9.91. The molecule has 2 saturated heterocycles. The van der Waals surface area contributed by atoms with Crippen molar-refractivity contribution in [2.24, 2.45) is 13.0 Å². The normalized spacial score (nSPS) is 16.9. The fraction of sp³-hybridized carbons (Fsp3) is 0.333. The number of ether oxygens (including phenoxy) is 1. The largest absolute Gasteiger partial charge is 0.490 e. The number of nitrogens with zero attached hydrogens (tertiary/aromatic N) is 6. The van der Waals surface area contributed by atoms with Crippen LogP contribution in [0, 0.1) is 12.8 Å². The second kappa shape index (κ2) is 20.1. The molecular formula is C54H55N9O7S. The number of carbonyl (C=O) groups excluding carboxylic acids is 4. The van der Waals surface area contributed by atoms with Crippen LogP contribution in [0.25, 0.3) is 32.2 Å². The standard InChI is InChI=1S/C54H55N9O7S/c1-31(17-18-33-23-26-62(27-24-33)30-47(65)55-42-14-7-12-38-48(60-61(3)50(38)42)39-20-22-46(64)58-52(39)67)70-43-15-8-10-35(32(43)2)36-19-21-45(57-49(36)53(68)69)63-28-25-34-9-6-11-37(40(34)29-63)51(66)59-54-56-41-13-4-5-16-44(41)71-54/h4-16,19,21,31,33,39H,17-18,20,22-30H2,1-3H3,(H,55,65)(H,68,69)(H,56,59,66)(H,58,64,67)/t31-,39?/m0/s1. The first-order valence-electron chi connectivity index (χ1n) is 24.2. The lowest BCUT2D eigenvalue weighted by Crippen LogP contribution is -2.39. The van der Waals surface area contributed by atoms with Crippen molar-refractivity contribution in [1.29, 1.82) is 0 Å². The number of carbonyl (C=O) groups is 5. The number of imide groups is 1. The minimum absolute atomic E-state index is 0.0568. The van der Waals surface area contributed by atoms with E-state index >= 15 is 0 Å². The van der Waals surface area contributed by atoms with Gasteiger partial charge in [0.1, 0.15) is 11.6 Å². The van der Waals surface area contributed by atoms with Gasteiger partial charge in [0.2, 0.25) is 17.7 Å². The van der Waals surface area contributed by atoms with Crippen molar-refractivity contribution < 1.29 is 33.8 Å². The number of amides is 4. The van der Waals surface area contributed by atoms with Crippen LogP contribution in [-0.2, 0) is 34.4 Å². The van der Waals surface area contributed by atoms with E-state index in [2.05, 4.69) is 37.9 Å². The molecule has 3 aliphatic rings. The van der Waals surface area contributed by atoms with Gasteiger partial charge in [0, 0.05) is 43.1 Å². The zero-order valence-corrected chi connectivity index (χ0v) is 40.7. The number of carboxylic acids is 1. The first-order chi connectivity index (χ1) is 34.4. The van der Waals surface area contributed by atoms with E-state index in [9.17, 15) is 29.1 Å². The smallest absolute Gasteiger partial charge is 0.355 e. The number of aromatic carboxylic acids is 1. The maximum absolute atomic E-state index is 13.7. The highest BCUT2D eigenvalue weighted by molar-refractivity contribution is 7.22. The maximum atomic E-state index is 13.7. The molecule has 1 unspecified atom stereocenters. The van der Waals surface area contributed by atoms with Gasteiger partial charge in [-0.05, 0) is 136 Å². The number of fused-ring (bicyclic) bond motifs is 3. The summed E-state index contributed by atoms with van der Waals surface area (Å²) in [4.78, 5) is 77.8. The molecule has 364 valence electrons. The molecule has 2 atom stereocenters. The van der Waals surface area contributed by atoms with Gasteiger partial charge in [0.25, 0.3) is 5.91 Å². The molecule has 3 aliphatic heterocycles. The molecule has 0 aliphatic carbocycles. The Hall–Kier alpha value is -7.50. The minimum Gasteiger partial charge on any atom is -0.490 e. The van der Waals surface area contributed by atoms with E-state index in [1.54, 1.807) is 11.7 Å². The highest BCUT2D eigenvalue weighted by Gasteiger charge is 2.33. The molecule has 0 bridgehead atoms. The number of hydrogen-bond acceptors (Lipinski definition) is 12. The summed E-state index contributed by atoms with van der Waals surface area (Å²) >= 11 is 1.43. The van der Waals surface area contributed by atoms with Gasteiger partial charge in [-0.3, -0.25) is 39.4 Å². The number of aromatic nitrogens is 4. The van der Waals surface area contributed by atoms with Gasteiger partial charge in [-0.1, -0.05) is 59.9 Å². The molecule has 16 nitrogen and oxygen atoms in total. The first kappa shape index (κ1) is 47.2. The van der Waals surface area contributed by atoms with E-state index in [0.29, 0.717) is 71.1 Å². The summed E-state index contributed by atoms with van der Waals surface area (Å²) in [5, 5.41) is 25.0. The summed E-state index contributed by atoms with van der Waals surface area (Å²) in [5.74, 6) is -0.944. The predicted octanol–water partition coefficient (Wildman–Crippen LogP) is 8.49. The van der Waals surface area contributed by atoms with Crippen LogP contribution in [-0.4, -0.2) is 91.6 Å². The summed E-state index contributed by atoms with van der Waals surface area (Å²) < 4.78 is 9.21. The second-order valence-corrected chi connectivity index (χ2v) is 19.9. The number of piperidine rings is 2. The highest BCUT2D eigenvalue weighted by atomic mass is 32.1. The molecule has 0 radical (unpaired) electrons. The third-order valence-electron chi connectivity index (χ3n) is 14.1. The number of nitrogens with one attached hydrogen (secondary N) is 3. The lowest BCUT2D eigenvalue weighted by molar-refractivity contribution is -0.134. The fourth-order valence-corrected chi connectivity index (χ4v) is 11.2. The lowest BCUT2D eigenvalue weighted by Gasteiger charge is -2.32. The molecular weight excluding hydrogens is 919 g/mol. The monoisotopic (exact) mass is 973 g/mol. The van der Waals surface area contributed by atoms with E-state index in [4.69, 9.17) is 9.72 Å². The van der Waals surface area contributed by atoms with E-state index in [0.717, 1.165) is 82.1 Å². The Morgan fingerprint density at radius 2 is 1.69 bits per heavy atom. The number of carboxylic acid groups (broad SMARTS) is 1. The molecule has 2 fully saturated rings. The number of thiazole rings is 1. The van der Waals surface area contributed by atoms with Gasteiger partial charge in [-0.2, -0.15) is 5.10 Å². The number of anilines is 3. The average molecular weight is 974 g/mol. The van der Waals surface area contributed by atoms with E-state index < -0.39 is 11.9 Å². The third kappa shape index (κ3) is 9.97. The van der Waals surface area contributed by atoms with Gasteiger partial charge in [0.15, 0.2) is 10.8 Å². The molecule has 17 heteroatoms. The van der Waals surface area contributed by atoms with Gasteiger partial charge < -0.3 is 20.1 Å². The number of rotatable bonds is 14. The summed E-state index contributed by atoms with van der Waals surface area (Å²) in [6, 6.07) is 28.5. The zero-order chi connectivity index (χ0) is 49.3. The number of pyridine rings is 1. The molecule has 4 aromatic carbocycles. The minimum atomic E-state index is -1.13. The SMILES string of the molecule is Cc1c(O[C@@H](C)CCC2CCN(CC(=O)Nc3cccc4c(C5CCC(=O)NC5=O)nn(C)c34)CC2)cccc1-c1ccc(N2CCc3cccc(C(=O)Nc4nc5ccccc5s4)c3C2)nc1C(=O)O. The summed E-state index contributed by atoms with van der Waals surface area (Å²) in [6.07, 6.45) is 4.98. The third-order valence-corrected chi connectivity index (χ3v) is 15.1. The van der Waals surface area contributed by atoms with Crippen LogP contribution in [0.4, 0.5) is 16.6 Å².